The summed E-state index contributed by atoms with van der Waals surface area (Å²) in [6.07, 6.45) is 2.32. The number of hydrogen-bond acceptors (Lipinski definition) is 6. The number of rotatable bonds is 6. The van der Waals surface area contributed by atoms with Gasteiger partial charge in [-0.15, -0.1) is 0 Å². The number of phenolic OH excluding ortho intramolecular Hbond substituents is 2. The van der Waals surface area contributed by atoms with E-state index in [9.17, 15) is 15.0 Å². The second-order valence-electron chi connectivity index (χ2n) is 7.26. The average molecular weight is 360 g/mol. The van der Waals surface area contributed by atoms with Crippen molar-refractivity contribution in [3.05, 3.63) is 32.7 Å². The van der Waals surface area contributed by atoms with Gasteiger partial charge < -0.3 is 19.5 Å². The highest BCUT2D eigenvalue weighted by molar-refractivity contribution is 5.93. The topological polar surface area (TPSA) is 77.2 Å². The van der Waals surface area contributed by atoms with Crippen molar-refractivity contribution >= 4 is 11.0 Å². The molecule has 0 bridgehead atoms. The lowest BCUT2D eigenvalue weighted by atomic mass is 9.97. The molecule has 1 aliphatic rings. The first-order valence-electron chi connectivity index (χ1n) is 9.30. The first kappa shape index (κ1) is 18.7. The molecule has 0 amide bonds. The van der Waals surface area contributed by atoms with E-state index in [1.807, 2.05) is 19.0 Å². The molecule has 1 heterocycles. The largest absolute Gasteiger partial charge is 0.507 e. The number of fused-ring (bicyclic) bond motifs is 3. The minimum Gasteiger partial charge on any atom is -0.507 e. The zero-order valence-electron chi connectivity index (χ0n) is 16.1. The summed E-state index contributed by atoms with van der Waals surface area (Å²) >= 11 is 0. The molecular formula is C20H28N2O4. The molecule has 1 aromatic heterocycles. The van der Waals surface area contributed by atoms with Crippen LogP contribution in [0, 0.1) is 0 Å². The van der Waals surface area contributed by atoms with Crippen LogP contribution in [0.15, 0.2) is 9.21 Å². The first-order chi connectivity index (χ1) is 12.4. The Morgan fingerprint density at radius 3 is 2.23 bits per heavy atom. The molecule has 0 fully saturated rings. The van der Waals surface area contributed by atoms with E-state index < -0.39 is 0 Å². The van der Waals surface area contributed by atoms with E-state index in [-0.39, 0.29) is 17.1 Å². The summed E-state index contributed by atoms with van der Waals surface area (Å²) in [7, 11) is 3.79. The quantitative estimate of drug-likeness (QED) is 0.771. The minimum absolute atomic E-state index is 0.0247. The van der Waals surface area contributed by atoms with Gasteiger partial charge in [-0.3, -0.25) is 4.90 Å². The fourth-order valence-electron chi connectivity index (χ4n) is 3.89. The monoisotopic (exact) mass is 360 g/mol. The van der Waals surface area contributed by atoms with Gasteiger partial charge in [0.15, 0.2) is 5.58 Å². The van der Waals surface area contributed by atoms with Gasteiger partial charge >= 0.3 is 5.63 Å². The lowest BCUT2D eigenvalue weighted by molar-refractivity contribution is 0.284. The van der Waals surface area contributed by atoms with E-state index in [1.54, 1.807) is 0 Å². The van der Waals surface area contributed by atoms with Crippen LogP contribution in [-0.2, 0) is 25.9 Å². The van der Waals surface area contributed by atoms with Crippen molar-refractivity contribution < 1.29 is 14.6 Å². The molecule has 0 unspecified atom stereocenters. The van der Waals surface area contributed by atoms with Crippen LogP contribution in [0.1, 0.15) is 42.5 Å². The maximum absolute atomic E-state index is 12.4. The highest BCUT2D eigenvalue weighted by Gasteiger charge is 2.28. The van der Waals surface area contributed by atoms with Crippen LogP contribution in [-0.4, -0.2) is 47.2 Å². The van der Waals surface area contributed by atoms with Crippen molar-refractivity contribution in [3.8, 4) is 11.5 Å². The van der Waals surface area contributed by atoms with Gasteiger partial charge in [-0.2, -0.15) is 0 Å². The molecule has 6 heteroatoms. The lowest BCUT2D eigenvalue weighted by Gasteiger charge is -2.23. The van der Waals surface area contributed by atoms with Crippen molar-refractivity contribution in [1.29, 1.82) is 0 Å². The van der Waals surface area contributed by atoms with Gasteiger partial charge in [0.2, 0.25) is 0 Å². The summed E-state index contributed by atoms with van der Waals surface area (Å²) in [6.45, 7) is 6.62. The normalized spacial score (nSPS) is 13.9. The zero-order chi connectivity index (χ0) is 19.0. The van der Waals surface area contributed by atoms with Crippen molar-refractivity contribution in [2.75, 3.05) is 27.2 Å². The third-order valence-corrected chi connectivity index (χ3v) is 5.31. The zero-order valence-corrected chi connectivity index (χ0v) is 16.1. The van der Waals surface area contributed by atoms with E-state index in [4.69, 9.17) is 4.42 Å². The van der Waals surface area contributed by atoms with Crippen molar-refractivity contribution in [1.82, 2.24) is 9.80 Å². The number of aromatic hydroxyl groups is 2. The van der Waals surface area contributed by atoms with Gasteiger partial charge in [0, 0.05) is 18.7 Å². The smallest absolute Gasteiger partial charge is 0.339 e. The summed E-state index contributed by atoms with van der Waals surface area (Å²) in [4.78, 5) is 16.4. The van der Waals surface area contributed by atoms with Crippen LogP contribution in [0.5, 0.6) is 11.5 Å². The molecule has 1 aromatic carbocycles. The predicted octanol–water partition coefficient (Wildman–Crippen LogP) is 2.60. The van der Waals surface area contributed by atoms with E-state index in [2.05, 4.69) is 18.7 Å². The van der Waals surface area contributed by atoms with Crippen molar-refractivity contribution in [2.24, 2.45) is 0 Å². The molecule has 0 atom stereocenters. The molecule has 6 nitrogen and oxygen atoms in total. The Labute approximate surface area is 153 Å². The van der Waals surface area contributed by atoms with Crippen LogP contribution >= 0.6 is 0 Å². The molecule has 0 radical (unpaired) electrons. The Morgan fingerprint density at radius 2 is 1.62 bits per heavy atom. The lowest BCUT2D eigenvalue weighted by Crippen LogP contribution is -2.23. The fraction of sp³-hybridized carbons (Fsp3) is 0.550. The van der Waals surface area contributed by atoms with Gasteiger partial charge in [-0.1, -0.05) is 13.8 Å². The van der Waals surface area contributed by atoms with Gasteiger partial charge in [-0.25, -0.2) is 4.79 Å². The van der Waals surface area contributed by atoms with Crippen LogP contribution in [0.2, 0.25) is 0 Å². The Hall–Kier alpha value is -2.05. The molecule has 0 saturated heterocycles. The Morgan fingerprint density at radius 1 is 0.962 bits per heavy atom. The number of hydrogen-bond donors (Lipinski definition) is 2. The van der Waals surface area contributed by atoms with E-state index in [1.165, 1.54) is 0 Å². The molecule has 0 aliphatic heterocycles. The van der Waals surface area contributed by atoms with E-state index >= 15 is 0 Å². The Bertz CT molecular complexity index is 882. The van der Waals surface area contributed by atoms with Crippen LogP contribution in [0.4, 0.5) is 0 Å². The molecule has 0 saturated carbocycles. The molecule has 1 aliphatic carbocycles. The summed E-state index contributed by atoms with van der Waals surface area (Å²) < 4.78 is 5.60. The highest BCUT2D eigenvalue weighted by atomic mass is 16.4. The first-order valence-corrected chi connectivity index (χ1v) is 9.30. The second-order valence-corrected chi connectivity index (χ2v) is 7.26. The van der Waals surface area contributed by atoms with Crippen molar-refractivity contribution in [2.45, 2.75) is 46.2 Å². The third kappa shape index (κ3) is 3.08. The molecule has 26 heavy (non-hydrogen) atoms. The fourth-order valence-corrected chi connectivity index (χ4v) is 3.89. The van der Waals surface area contributed by atoms with Crippen LogP contribution in [0.3, 0.4) is 0 Å². The second kappa shape index (κ2) is 7.29. The molecule has 0 spiro atoms. The minimum atomic E-state index is -0.347. The maximum atomic E-state index is 12.4. The summed E-state index contributed by atoms with van der Waals surface area (Å²) in [6, 6.07) is 0. The number of nitrogens with zero attached hydrogens (tertiary/aromatic N) is 2. The average Bonchev–Trinajstić information content (AvgIpc) is 3.09. The van der Waals surface area contributed by atoms with Gasteiger partial charge in [-0.05, 0) is 52.0 Å². The molecule has 142 valence electrons. The van der Waals surface area contributed by atoms with Gasteiger partial charge in [0.05, 0.1) is 16.5 Å². The third-order valence-electron chi connectivity index (χ3n) is 5.31. The Balaban J connectivity index is 2.35. The summed E-state index contributed by atoms with van der Waals surface area (Å²) in [5.41, 5.74) is 2.61. The maximum Gasteiger partial charge on any atom is 0.339 e. The predicted molar refractivity (Wildman–Crippen MR) is 102 cm³/mol. The van der Waals surface area contributed by atoms with E-state index in [0.29, 0.717) is 47.2 Å². The molecule has 2 aromatic rings. The molecule has 3 rings (SSSR count). The van der Waals surface area contributed by atoms with Gasteiger partial charge in [0.1, 0.15) is 11.5 Å². The number of aryl methyl sites for hydroxylation is 1. The number of phenols is 2. The molecular weight excluding hydrogens is 332 g/mol. The summed E-state index contributed by atoms with van der Waals surface area (Å²) in [5.74, 6) is 0.0745. The van der Waals surface area contributed by atoms with Crippen LogP contribution in [0.25, 0.3) is 11.0 Å². The van der Waals surface area contributed by atoms with E-state index in [0.717, 1.165) is 31.5 Å². The highest BCUT2D eigenvalue weighted by Crippen LogP contribution is 2.43. The van der Waals surface area contributed by atoms with Crippen LogP contribution < -0.4 is 5.63 Å². The summed E-state index contributed by atoms with van der Waals surface area (Å²) in [5, 5.41) is 22.5. The van der Waals surface area contributed by atoms with Gasteiger partial charge in [0.25, 0.3) is 0 Å². The van der Waals surface area contributed by atoms with Crippen molar-refractivity contribution in [3.63, 3.8) is 0 Å². The molecule has 2 N–H and O–H groups in total. The Kier molecular flexibility index (Phi) is 5.25. The standard InChI is InChI=1S/C20H28N2O4/c1-5-22(6-2)11-14-17(23)15(10-21(3)4)19-16(18(14)24)12-8-7-9-13(12)20(25)26-19/h23-24H,5-11H2,1-4H3. The SMILES string of the molecule is CCN(CC)Cc1c(O)c(CN(C)C)c2oc(=O)c3c(c2c1O)CCC3. The number of benzene rings is 1.